The molecule has 0 amide bonds. The third-order valence-corrected chi connectivity index (χ3v) is 3.81. The number of benzene rings is 1. The Hall–Kier alpha value is -1.02. The van der Waals surface area contributed by atoms with Crippen molar-refractivity contribution in [2.24, 2.45) is 4.99 Å². The monoisotopic (exact) mass is 448 g/mol. The van der Waals surface area contributed by atoms with Crippen LogP contribution < -0.4 is 15.4 Å². The molecule has 24 heavy (non-hydrogen) atoms. The lowest BCUT2D eigenvalue weighted by molar-refractivity contribution is 0.363. The van der Waals surface area contributed by atoms with Crippen LogP contribution >= 0.6 is 24.0 Å². The minimum Gasteiger partial charge on any atom is -0.496 e. The van der Waals surface area contributed by atoms with Crippen LogP contribution in [-0.4, -0.2) is 57.7 Å². The summed E-state index contributed by atoms with van der Waals surface area (Å²) >= 11 is 0. The van der Waals surface area contributed by atoms with Gasteiger partial charge in [-0.1, -0.05) is 19.1 Å². The summed E-state index contributed by atoms with van der Waals surface area (Å²) in [6.07, 6.45) is 0.940. The van der Waals surface area contributed by atoms with Crippen molar-refractivity contribution in [3.05, 3.63) is 29.3 Å². The lowest BCUT2D eigenvalue weighted by Crippen LogP contribution is -2.38. The first kappa shape index (κ1) is 23.0. The Morgan fingerprint density at radius 3 is 2.62 bits per heavy atom. The van der Waals surface area contributed by atoms with Crippen LogP contribution in [0.5, 0.6) is 5.75 Å². The number of likely N-dealkylation sites (N-methyl/N-ethyl adjacent to an activating group) is 1. The molecule has 0 atom stereocenters. The van der Waals surface area contributed by atoms with E-state index < -0.39 is 0 Å². The molecule has 0 aromatic heterocycles. The van der Waals surface area contributed by atoms with Gasteiger partial charge in [-0.05, 0) is 51.1 Å². The molecular weight excluding hydrogens is 415 g/mol. The van der Waals surface area contributed by atoms with Crippen molar-refractivity contribution < 1.29 is 4.74 Å². The third kappa shape index (κ3) is 8.73. The molecule has 0 heterocycles. The molecule has 5 nitrogen and oxygen atoms in total. The average Bonchev–Trinajstić information content (AvgIpc) is 2.56. The van der Waals surface area contributed by atoms with E-state index in [1.165, 1.54) is 11.1 Å². The molecule has 0 aliphatic carbocycles. The Kier molecular flexibility index (Phi) is 12.7. The van der Waals surface area contributed by atoms with E-state index in [9.17, 15) is 0 Å². The van der Waals surface area contributed by atoms with Crippen LogP contribution in [0.15, 0.2) is 23.2 Å². The van der Waals surface area contributed by atoms with Gasteiger partial charge in [0.15, 0.2) is 5.96 Å². The Morgan fingerprint density at radius 2 is 2.00 bits per heavy atom. The van der Waals surface area contributed by atoms with Crippen molar-refractivity contribution in [3.63, 3.8) is 0 Å². The summed E-state index contributed by atoms with van der Waals surface area (Å²) in [6.45, 7) is 10.8. The highest BCUT2D eigenvalue weighted by Crippen LogP contribution is 2.18. The number of rotatable bonds is 9. The summed E-state index contributed by atoms with van der Waals surface area (Å²) in [7, 11) is 3.83. The maximum absolute atomic E-state index is 5.38. The largest absolute Gasteiger partial charge is 0.496 e. The minimum atomic E-state index is 0. The number of guanidine groups is 1. The smallest absolute Gasteiger partial charge is 0.191 e. The van der Waals surface area contributed by atoms with E-state index in [-0.39, 0.29) is 24.0 Å². The molecule has 0 fully saturated rings. The highest BCUT2D eigenvalue weighted by molar-refractivity contribution is 14.0. The zero-order chi connectivity index (χ0) is 17.1. The Balaban J connectivity index is 0.00000529. The SMILES string of the molecule is CCNC(=NCCN(C)CC)NCCc1ccc(C)c(OC)c1.I. The molecule has 0 aliphatic heterocycles. The number of nitrogens with one attached hydrogen (secondary N) is 2. The zero-order valence-corrected chi connectivity index (χ0v) is 18.0. The quantitative estimate of drug-likeness (QED) is 0.347. The van der Waals surface area contributed by atoms with Crippen molar-refractivity contribution in [1.82, 2.24) is 15.5 Å². The molecule has 0 saturated carbocycles. The second-order valence-corrected chi connectivity index (χ2v) is 5.64. The van der Waals surface area contributed by atoms with Crippen LogP contribution in [0.1, 0.15) is 25.0 Å². The predicted octanol–water partition coefficient (Wildman–Crippen LogP) is 2.67. The normalized spacial score (nSPS) is 11.2. The summed E-state index contributed by atoms with van der Waals surface area (Å²) in [5.74, 6) is 1.83. The van der Waals surface area contributed by atoms with Crippen LogP contribution in [0.2, 0.25) is 0 Å². The molecule has 1 aromatic carbocycles. The molecule has 0 saturated heterocycles. The number of aliphatic imine (C=N–C) groups is 1. The molecule has 0 aliphatic rings. The fraction of sp³-hybridized carbons (Fsp3) is 0.611. The number of hydrogen-bond acceptors (Lipinski definition) is 3. The van der Waals surface area contributed by atoms with Crippen LogP contribution in [0.4, 0.5) is 0 Å². The van der Waals surface area contributed by atoms with E-state index in [1.54, 1.807) is 7.11 Å². The maximum Gasteiger partial charge on any atom is 0.191 e. The van der Waals surface area contributed by atoms with Gasteiger partial charge in [0, 0.05) is 19.6 Å². The average molecular weight is 448 g/mol. The van der Waals surface area contributed by atoms with Gasteiger partial charge in [0.1, 0.15) is 5.75 Å². The van der Waals surface area contributed by atoms with E-state index >= 15 is 0 Å². The molecule has 1 rings (SSSR count). The number of nitrogens with zero attached hydrogens (tertiary/aromatic N) is 2. The summed E-state index contributed by atoms with van der Waals surface area (Å²) < 4.78 is 5.38. The van der Waals surface area contributed by atoms with Crippen molar-refractivity contribution in [3.8, 4) is 5.75 Å². The number of ether oxygens (including phenoxy) is 1. The van der Waals surface area contributed by atoms with Gasteiger partial charge in [-0.25, -0.2) is 0 Å². The van der Waals surface area contributed by atoms with E-state index in [4.69, 9.17) is 4.74 Å². The first-order chi connectivity index (χ1) is 11.1. The molecule has 138 valence electrons. The molecule has 1 aromatic rings. The van der Waals surface area contributed by atoms with Gasteiger partial charge in [-0.2, -0.15) is 0 Å². The first-order valence-corrected chi connectivity index (χ1v) is 8.44. The first-order valence-electron chi connectivity index (χ1n) is 8.44. The minimum absolute atomic E-state index is 0. The number of methoxy groups -OCH3 is 1. The maximum atomic E-state index is 5.38. The Labute approximate surface area is 164 Å². The van der Waals surface area contributed by atoms with Gasteiger partial charge in [-0.15, -0.1) is 24.0 Å². The molecule has 6 heteroatoms. The molecule has 2 N–H and O–H groups in total. The van der Waals surface area contributed by atoms with Crippen molar-refractivity contribution in [1.29, 1.82) is 0 Å². The van der Waals surface area contributed by atoms with Crippen LogP contribution in [-0.2, 0) is 6.42 Å². The third-order valence-electron chi connectivity index (χ3n) is 3.81. The summed E-state index contributed by atoms with van der Waals surface area (Å²) in [6, 6.07) is 6.37. The Morgan fingerprint density at radius 1 is 1.25 bits per heavy atom. The van der Waals surface area contributed by atoms with Crippen LogP contribution in [0, 0.1) is 6.92 Å². The van der Waals surface area contributed by atoms with Gasteiger partial charge >= 0.3 is 0 Å². The fourth-order valence-electron chi connectivity index (χ4n) is 2.18. The van der Waals surface area contributed by atoms with Crippen LogP contribution in [0.3, 0.4) is 0 Å². The van der Waals surface area contributed by atoms with E-state index in [0.717, 1.165) is 50.9 Å². The van der Waals surface area contributed by atoms with Gasteiger partial charge in [0.2, 0.25) is 0 Å². The van der Waals surface area contributed by atoms with Crippen LogP contribution in [0.25, 0.3) is 0 Å². The summed E-state index contributed by atoms with van der Waals surface area (Å²) in [5.41, 5.74) is 2.43. The molecule has 0 radical (unpaired) electrons. The highest BCUT2D eigenvalue weighted by atomic mass is 127. The summed E-state index contributed by atoms with van der Waals surface area (Å²) in [5, 5.41) is 6.68. The van der Waals surface area contributed by atoms with E-state index in [1.807, 2.05) is 0 Å². The zero-order valence-electron chi connectivity index (χ0n) is 15.7. The number of halogens is 1. The lowest BCUT2D eigenvalue weighted by atomic mass is 10.1. The second kappa shape index (κ2) is 13.3. The van der Waals surface area contributed by atoms with Crippen molar-refractivity contribution in [2.75, 3.05) is 46.9 Å². The van der Waals surface area contributed by atoms with E-state index in [0.29, 0.717) is 0 Å². The molecular formula is C18H33IN4O. The van der Waals surface area contributed by atoms with Gasteiger partial charge in [0.05, 0.1) is 13.7 Å². The topological polar surface area (TPSA) is 48.9 Å². The number of hydrogen-bond donors (Lipinski definition) is 2. The molecule has 0 bridgehead atoms. The lowest BCUT2D eigenvalue weighted by Gasteiger charge is -2.14. The van der Waals surface area contributed by atoms with Gasteiger partial charge in [0.25, 0.3) is 0 Å². The van der Waals surface area contributed by atoms with Gasteiger partial charge in [-0.3, -0.25) is 4.99 Å². The predicted molar refractivity (Wildman–Crippen MR) is 114 cm³/mol. The Bertz CT molecular complexity index is 494. The van der Waals surface area contributed by atoms with Gasteiger partial charge < -0.3 is 20.3 Å². The van der Waals surface area contributed by atoms with E-state index in [2.05, 4.69) is 66.5 Å². The fourth-order valence-corrected chi connectivity index (χ4v) is 2.18. The molecule has 0 spiro atoms. The molecule has 0 unspecified atom stereocenters. The number of aryl methyl sites for hydroxylation is 1. The second-order valence-electron chi connectivity index (χ2n) is 5.64. The van der Waals surface area contributed by atoms with Crippen molar-refractivity contribution in [2.45, 2.75) is 27.2 Å². The highest BCUT2D eigenvalue weighted by Gasteiger charge is 2.02. The standard InChI is InChI=1S/C18H32N4O.HI/c1-6-19-18(21-12-13-22(4)7-2)20-11-10-16-9-8-15(3)17(14-16)23-5;/h8-9,14H,6-7,10-13H2,1-5H3,(H2,19,20,21);1H. The summed E-state index contributed by atoms with van der Waals surface area (Å²) in [4.78, 5) is 6.86. The van der Waals surface area contributed by atoms with Crippen molar-refractivity contribution >= 4 is 29.9 Å².